The van der Waals surface area contributed by atoms with E-state index in [1.807, 2.05) is 0 Å². The zero-order valence-electron chi connectivity index (χ0n) is 13.2. The Morgan fingerprint density at radius 2 is 1.78 bits per heavy atom. The van der Waals surface area contributed by atoms with Crippen LogP contribution in [0.15, 0.2) is 24.3 Å². The van der Waals surface area contributed by atoms with E-state index in [-0.39, 0.29) is 18.5 Å². The lowest BCUT2D eigenvalue weighted by Crippen LogP contribution is -2.49. The number of benzene rings is 1. The number of amides is 3. The number of urea groups is 1. The van der Waals surface area contributed by atoms with Crippen molar-refractivity contribution in [3.05, 3.63) is 34.9 Å². The van der Waals surface area contributed by atoms with Crippen LogP contribution < -0.4 is 0 Å². The average Bonchev–Trinajstić information content (AvgIpc) is 2.72. The van der Waals surface area contributed by atoms with Crippen molar-refractivity contribution in [2.75, 3.05) is 13.6 Å². The number of hydrogen-bond acceptors (Lipinski definition) is 3. The minimum Gasteiger partial charge on any atom is -0.387 e. The highest BCUT2D eigenvalue weighted by atomic mass is 35.5. The number of likely N-dealkylation sites (N-methyl/N-ethyl adjacent to an activating group) is 1. The largest absolute Gasteiger partial charge is 0.387 e. The van der Waals surface area contributed by atoms with Gasteiger partial charge in [-0.1, -0.05) is 43.0 Å². The molecular weight excluding hydrogens is 316 g/mol. The van der Waals surface area contributed by atoms with Gasteiger partial charge in [-0.05, 0) is 30.5 Å². The van der Waals surface area contributed by atoms with Crippen molar-refractivity contribution in [3.8, 4) is 0 Å². The fourth-order valence-corrected chi connectivity index (χ4v) is 3.78. The van der Waals surface area contributed by atoms with Gasteiger partial charge in [-0.25, -0.2) is 4.79 Å². The Morgan fingerprint density at radius 1 is 1.17 bits per heavy atom. The Morgan fingerprint density at radius 3 is 2.39 bits per heavy atom. The maximum absolute atomic E-state index is 12.9. The van der Waals surface area contributed by atoms with Gasteiger partial charge < -0.3 is 10.0 Å². The first-order valence-corrected chi connectivity index (χ1v) is 8.37. The molecule has 1 aromatic carbocycles. The third-order valence-corrected chi connectivity index (χ3v) is 5.35. The van der Waals surface area contributed by atoms with E-state index in [0.29, 0.717) is 23.4 Å². The molecule has 1 aliphatic heterocycles. The van der Waals surface area contributed by atoms with Crippen molar-refractivity contribution in [2.45, 2.75) is 43.7 Å². The maximum atomic E-state index is 12.9. The van der Waals surface area contributed by atoms with Crippen LogP contribution >= 0.6 is 11.6 Å². The van der Waals surface area contributed by atoms with Gasteiger partial charge in [0.2, 0.25) is 0 Å². The molecule has 1 atom stereocenters. The van der Waals surface area contributed by atoms with Crippen LogP contribution in [0.2, 0.25) is 5.02 Å². The van der Waals surface area contributed by atoms with Gasteiger partial charge in [0.1, 0.15) is 5.54 Å². The summed E-state index contributed by atoms with van der Waals surface area (Å²) in [5, 5.41) is 11.0. The van der Waals surface area contributed by atoms with Crippen molar-refractivity contribution in [1.82, 2.24) is 9.80 Å². The number of rotatable bonds is 3. The number of carbonyl (C=O) groups excluding carboxylic acids is 2. The molecule has 1 heterocycles. The summed E-state index contributed by atoms with van der Waals surface area (Å²) in [7, 11) is 1.69. The van der Waals surface area contributed by atoms with Crippen molar-refractivity contribution < 1.29 is 14.7 Å². The predicted molar refractivity (Wildman–Crippen MR) is 87.1 cm³/mol. The summed E-state index contributed by atoms with van der Waals surface area (Å²) < 4.78 is 0. The Balaban J connectivity index is 1.78. The number of aliphatic hydroxyl groups excluding tert-OH is 1. The quantitative estimate of drug-likeness (QED) is 0.863. The van der Waals surface area contributed by atoms with E-state index in [0.717, 1.165) is 19.3 Å². The number of hydrogen-bond donors (Lipinski definition) is 1. The molecule has 2 fully saturated rings. The van der Waals surface area contributed by atoms with Gasteiger partial charge in [-0.15, -0.1) is 0 Å². The predicted octanol–water partition coefficient (Wildman–Crippen LogP) is 2.97. The van der Waals surface area contributed by atoms with Crippen LogP contribution in [-0.2, 0) is 4.79 Å². The molecule has 1 saturated carbocycles. The van der Waals surface area contributed by atoms with Crippen LogP contribution in [0.5, 0.6) is 0 Å². The van der Waals surface area contributed by atoms with Crippen molar-refractivity contribution in [2.24, 2.45) is 0 Å². The van der Waals surface area contributed by atoms with Crippen molar-refractivity contribution in [3.63, 3.8) is 0 Å². The standard InChI is InChI=1S/C17H21ClN2O3/c1-19-16(23)20(15(22)17(19)9-3-2-4-10-17)11-14(21)12-5-7-13(18)8-6-12/h5-8,14,21H,2-4,9-11H2,1H3/t14-/m1/s1. The second-order valence-corrected chi connectivity index (χ2v) is 6.85. The lowest BCUT2D eigenvalue weighted by Gasteiger charge is -2.35. The molecule has 0 unspecified atom stereocenters. The van der Waals surface area contributed by atoms with E-state index < -0.39 is 11.6 Å². The summed E-state index contributed by atoms with van der Waals surface area (Å²) in [5.74, 6) is -0.169. The molecule has 1 spiro atoms. The molecule has 3 amide bonds. The van der Waals surface area contributed by atoms with E-state index in [4.69, 9.17) is 11.6 Å². The van der Waals surface area contributed by atoms with Gasteiger partial charge in [-0.2, -0.15) is 0 Å². The van der Waals surface area contributed by atoms with Gasteiger partial charge in [0.15, 0.2) is 0 Å². The van der Waals surface area contributed by atoms with E-state index in [1.165, 1.54) is 4.90 Å². The first-order chi connectivity index (χ1) is 11.0. The van der Waals surface area contributed by atoms with Gasteiger partial charge in [0.25, 0.3) is 5.91 Å². The maximum Gasteiger partial charge on any atom is 0.327 e. The summed E-state index contributed by atoms with van der Waals surface area (Å²) in [6, 6.07) is 6.46. The fraction of sp³-hybridized carbons (Fsp3) is 0.529. The number of imide groups is 1. The molecule has 0 radical (unpaired) electrons. The van der Waals surface area contributed by atoms with Crippen LogP contribution in [0.3, 0.4) is 0 Å². The minimum absolute atomic E-state index is 0.0224. The second-order valence-electron chi connectivity index (χ2n) is 6.42. The molecule has 1 saturated heterocycles. The minimum atomic E-state index is -0.910. The van der Waals surface area contributed by atoms with Crippen LogP contribution in [0.1, 0.15) is 43.8 Å². The van der Waals surface area contributed by atoms with Crippen LogP contribution in [0.4, 0.5) is 4.79 Å². The summed E-state index contributed by atoms with van der Waals surface area (Å²) >= 11 is 5.84. The molecule has 1 N–H and O–H groups in total. The number of nitrogens with zero attached hydrogens (tertiary/aromatic N) is 2. The highest BCUT2D eigenvalue weighted by molar-refractivity contribution is 6.30. The number of halogens is 1. The first kappa shape index (κ1) is 16.3. The summed E-state index contributed by atoms with van der Waals surface area (Å²) in [5.41, 5.74) is -0.0584. The molecular formula is C17H21ClN2O3. The number of aliphatic hydroxyl groups is 1. The molecule has 6 heteroatoms. The molecule has 1 aromatic rings. The van der Waals surface area contributed by atoms with E-state index in [9.17, 15) is 14.7 Å². The molecule has 124 valence electrons. The Bertz CT molecular complexity index is 611. The zero-order chi connectivity index (χ0) is 16.6. The van der Waals surface area contributed by atoms with E-state index in [2.05, 4.69) is 0 Å². The first-order valence-electron chi connectivity index (χ1n) is 7.99. The third kappa shape index (κ3) is 2.72. The van der Waals surface area contributed by atoms with Gasteiger partial charge in [-0.3, -0.25) is 9.69 Å². The monoisotopic (exact) mass is 336 g/mol. The molecule has 0 aromatic heterocycles. The normalized spacial score (nSPS) is 22.0. The fourth-order valence-electron chi connectivity index (χ4n) is 3.66. The van der Waals surface area contributed by atoms with E-state index >= 15 is 0 Å². The zero-order valence-corrected chi connectivity index (χ0v) is 13.9. The molecule has 0 bridgehead atoms. The SMILES string of the molecule is CN1C(=O)N(C[C@@H](O)c2ccc(Cl)cc2)C(=O)C12CCCCC2. The Hall–Kier alpha value is -1.59. The van der Waals surface area contributed by atoms with Crippen molar-refractivity contribution in [1.29, 1.82) is 0 Å². The highest BCUT2D eigenvalue weighted by Crippen LogP contribution is 2.39. The number of carbonyl (C=O) groups is 2. The third-order valence-electron chi connectivity index (χ3n) is 5.09. The summed E-state index contributed by atoms with van der Waals surface area (Å²) in [6.07, 6.45) is 3.52. The topological polar surface area (TPSA) is 60.9 Å². The van der Waals surface area contributed by atoms with Gasteiger partial charge in [0, 0.05) is 12.1 Å². The van der Waals surface area contributed by atoms with E-state index in [1.54, 1.807) is 36.2 Å². The molecule has 5 nitrogen and oxygen atoms in total. The Labute approximate surface area is 140 Å². The van der Waals surface area contributed by atoms with Crippen molar-refractivity contribution >= 4 is 23.5 Å². The highest BCUT2D eigenvalue weighted by Gasteiger charge is 2.55. The van der Waals surface area contributed by atoms with Crippen LogP contribution in [-0.4, -0.2) is 46.0 Å². The molecule has 1 aliphatic carbocycles. The summed E-state index contributed by atoms with van der Waals surface area (Å²) in [6.45, 7) is -0.0224. The lowest BCUT2D eigenvalue weighted by atomic mass is 9.80. The number of β-amino-alcohol motifs (C(OH)–C–C–N with tert-alkyl or cyclic N) is 1. The molecule has 2 aliphatic rings. The Kier molecular flexibility index (Phi) is 4.34. The smallest absolute Gasteiger partial charge is 0.327 e. The van der Waals surface area contributed by atoms with Crippen LogP contribution in [0, 0.1) is 0 Å². The molecule has 3 rings (SSSR count). The average molecular weight is 337 g/mol. The summed E-state index contributed by atoms with van der Waals surface area (Å²) in [4.78, 5) is 28.1. The lowest BCUT2D eigenvalue weighted by molar-refractivity contribution is -0.135. The van der Waals surface area contributed by atoms with Gasteiger partial charge >= 0.3 is 6.03 Å². The second kappa shape index (κ2) is 6.13. The van der Waals surface area contributed by atoms with Crippen LogP contribution in [0.25, 0.3) is 0 Å². The molecule has 23 heavy (non-hydrogen) atoms. The van der Waals surface area contributed by atoms with Gasteiger partial charge in [0.05, 0.1) is 12.6 Å².